The lowest BCUT2D eigenvalue weighted by atomic mass is 10.0. The zero-order chi connectivity index (χ0) is 26.4. The van der Waals surface area contributed by atoms with Crippen LogP contribution in [0.15, 0.2) is 42.6 Å². The molecule has 0 aliphatic rings. The van der Waals surface area contributed by atoms with Crippen LogP contribution in [0.2, 0.25) is 0 Å². The average molecular weight is 489 g/mol. The van der Waals surface area contributed by atoms with Gasteiger partial charge in [-0.2, -0.15) is 5.26 Å². The number of benzene rings is 2. The number of amides is 2. The molecular formula is C28H32N4O4. The molecule has 8 heteroatoms. The van der Waals surface area contributed by atoms with Crippen molar-refractivity contribution in [2.45, 2.75) is 53.0 Å². The average Bonchev–Trinajstić information content (AvgIpc) is 3.18. The number of carbonyl (C=O) groups is 3. The summed E-state index contributed by atoms with van der Waals surface area (Å²) in [6, 6.07) is 12.0. The summed E-state index contributed by atoms with van der Waals surface area (Å²) in [6.45, 7) is 8.37. The first-order valence-electron chi connectivity index (χ1n) is 12.1. The zero-order valence-electron chi connectivity index (χ0n) is 21.1. The maximum Gasteiger partial charge on any atom is 0.303 e. The second-order valence-corrected chi connectivity index (χ2v) is 9.45. The summed E-state index contributed by atoms with van der Waals surface area (Å²) in [5.41, 5.74) is 3.96. The number of nitrogens with one attached hydrogen (secondary N) is 2. The molecule has 0 saturated heterocycles. The van der Waals surface area contributed by atoms with E-state index < -0.39 is 12.0 Å². The minimum atomic E-state index is -0.880. The van der Waals surface area contributed by atoms with Gasteiger partial charge in [0.25, 0.3) is 5.91 Å². The number of aromatic nitrogens is 1. The Kier molecular flexibility index (Phi) is 8.49. The molecule has 2 aromatic carbocycles. The molecule has 3 aromatic rings. The molecule has 3 N–H and O–H groups in total. The maximum atomic E-state index is 13.3. The minimum absolute atomic E-state index is 0.0193. The lowest BCUT2D eigenvalue weighted by Crippen LogP contribution is -2.27. The summed E-state index contributed by atoms with van der Waals surface area (Å²) >= 11 is 0. The number of nitriles is 1. The van der Waals surface area contributed by atoms with Gasteiger partial charge in [0, 0.05) is 41.3 Å². The Morgan fingerprint density at radius 1 is 1.11 bits per heavy atom. The summed E-state index contributed by atoms with van der Waals surface area (Å²) in [5.74, 6) is -0.986. The SMILES string of the molecule is Cc1cn(C(C)C(=O)Nc2cc(C#N)ccc2CCCC(=O)O)c2cc(C(=O)NCC(C)C)ccc12. The number of carbonyl (C=O) groups excluding carboxylic acids is 2. The van der Waals surface area contributed by atoms with Gasteiger partial charge in [-0.1, -0.05) is 26.0 Å². The molecule has 36 heavy (non-hydrogen) atoms. The number of fused-ring (bicyclic) bond motifs is 1. The second-order valence-electron chi connectivity index (χ2n) is 9.45. The number of hydrogen-bond acceptors (Lipinski definition) is 4. The van der Waals surface area contributed by atoms with E-state index in [1.54, 1.807) is 37.3 Å². The third-order valence-electron chi connectivity index (χ3n) is 6.10. The topological polar surface area (TPSA) is 124 Å². The smallest absolute Gasteiger partial charge is 0.303 e. The number of aryl methyl sites for hydroxylation is 2. The summed E-state index contributed by atoms with van der Waals surface area (Å²) in [7, 11) is 0. The van der Waals surface area contributed by atoms with Crippen LogP contribution in [0.25, 0.3) is 10.9 Å². The predicted octanol–water partition coefficient (Wildman–Crippen LogP) is 4.81. The van der Waals surface area contributed by atoms with E-state index in [9.17, 15) is 19.6 Å². The molecule has 8 nitrogen and oxygen atoms in total. The number of carboxylic acids is 1. The number of aliphatic carboxylic acids is 1. The normalized spacial score (nSPS) is 11.8. The fraction of sp³-hybridized carbons (Fsp3) is 0.357. The summed E-state index contributed by atoms with van der Waals surface area (Å²) in [6.07, 6.45) is 2.79. The first kappa shape index (κ1) is 26.5. The van der Waals surface area contributed by atoms with Crippen LogP contribution >= 0.6 is 0 Å². The third kappa shape index (κ3) is 6.30. The van der Waals surface area contributed by atoms with Crippen LogP contribution in [0.4, 0.5) is 5.69 Å². The lowest BCUT2D eigenvalue weighted by molar-refractivity contribution is -0.137. The van der Waals surface area contributed by atoms with E-state index in [-0.39, 0.29) is 18.2 Å². The van der Waals surface area contributed by atoms with Crippen molar-refractivity contribution < 1.29 is 19.5 Å². The standard InChI is InChI=1S/C28H32N4O4/c1-17(2)15-30-28(36)22-10-11-23-18(3)16-32(25(23)13-22)19(4)27(35)31-24-12-20(14-29)8-9-21(24)6-5-7-26(33)34/h8-13,16-17,19H,5-7,15H2,1-4H3,(H,30,36)(H,31,35)(H,33,34). The van der Waals surface area contributed by atoms with Gasteiger partial charge in [0.05, 0.1) is 11.6 Å². The van der Waals surface area contributed by atoms with Gasteiger partial charge in [-0.3, -0.25) is 14.4 Å². The van der Waals surface area contributed by atoms with E-state index in [1.807, 2.05) is 37.6 Å². The van der Waals surface area contributed by atoms with Crippen LogP contribution in [-0.2, 0) is 16.0 Å². The van der Waals surface area contributed by atoms with Crippen LogP contribution in [0.1, 0.15) is 66.7 Å². The zero-order valence-corrected chi connectivity index (χ0v) is 21.1. The number of anilines is 1. The van der Waals surface area contributed by atoms with Crippen molar-refractivity contribution in [2.75, 3.05) is 11.9 Å². The molecule has 1 atom stereocenters. The van der Waals surface area contributed by atoms with Gasteiger partial charge in [0.1, 0.15) is 6.04 Å². The van der Waals surface area contributed by atoms with E-state index in [0.29, 0.717) is 42.1 Å². The molecule has 0 fully saturated rings. The van der Waals surface area contributed by atoms with Crippen LogP contribution < -0.4 is 10.6 Å². The van der Waals surface area contributed by atoms with Crippen molar-refractivity contribution in [2.24, 2.45) is 5.92 Å². The third-order valence-corrected chi connectivity index (χ3v) is 6.10. The highest BCUT2D eigenvalue weighted by Crippen LogP contribution is 2.27. The molecule has 1 heterocycles. The maximum absolute atomic E-state index is 13.3. The molecule has 0 saturated carbocycles. The van der Waals surface area contributed by atoms with Crippen LogP contribution in [0.5, 0.6) is 0 Å². The van der Waals surface area contributed by atoms with Gasteiger partial charge in [0.15, 0.2) is 0 Å². The van der Waals surface area contributed by atoms with Crippen molar-refractivity contribution >= 4 is 34.4 Å². The molecular weight excluding hydrogens is 456 g/mol. The quantitative estimate of drug-likeness (QED) is 0.378. The Morgan fingerprint density at radius 2 is 1.86 bits per heavy atom. The van der Waals surface area contributed by atoms with Crippen molar-refractivity contribution in [3.63, 3.8) is 0 Å². The van der Waals surface area contributed by atoms with Gasteiger partial charge < -0.3 is 20.3 Å². The van der Waals surface area contributed by atoms with Gasteiger partial charge in [-0.05, 0) is 68.0 Å². The Labute approximate surface area is 210 Å². The molecule has 3 rings (SSSR count). The van der Waals surface area contributed by atoms with Crippen molar-refractivity contribution in [1.82, 2.24) is 9.88 Å². The molecule has 0 aliphatic heterocycles. The van der Waals surface area contributed by atoms with Crippen LogP contribution in [-0.4, -0.2) is 34.0 Å². The fourth-order valence-electron chi connectivity index (χ4n) is 4.06. The molecule has 1 unspecified atom stereocenters. The Bertz CT molecular complexity index is 1330. The molecule has 1 aromatic heterocycles. The Hall–Kier alpha value is -4.12. The van der Waals surface area contributed by atoms with Crippen molar-refractivity contribution in [3.8, 4) is 6.07 Å². The highest BCUT2D eigenvalue weighted by molar-refractivity contribution is 6.00. The first-order valence-corrected chi connectivity index (χ1v) is 12.1. The molecule has 0 aliphatic carbocycles. The van der Waals surface area contributed by atoms with Gasteiger partial charge in [-0.25, -0.2) is 0 Å². The number of nitrogens with zero attached hydrogens (tertiary/aromatic N) is 2. The lowest BCUT2D eigenvalue weighted by Gasteiger charge is -2.18. The molecule has 0 spiro atoms. The van der Waals surface area contributed by atoms with Crippen LogP contribution in [0, 0.1) is 24.2 Å². The predicted molar refractivity (Wildman–Crippen MR) is 139 cm³/mol. The first-order chi connectivity index (χ1) is 17.1. The largest absolute Gasteiger partial charge is 0.481 e. The van der Waals surface area contributed by atoms with E-state index in [4.69, 9.17) is 5.11 Å². The minimum Gasteiger partial charge on any atom is -0.481 e. The highest BCUT2D eigenvalue weighted by atomic mass is 16.4. The monoisotopic (exact) mass is 488 g/mol. The molecule has 0 radical (unpaired) electrons. The Balaban J connectivity index is 1.87. The fourth-order valence-corrected chi connectivity index (χ4v) is 4.06. The number of rotatable bonds is 10. The summed E-state index contributed by atoms with van der Waals surface area (Å²) in [4.78, 5) is 36.8. The van der Waals surface area contributed by atoms with E-state index in [0.717, 1.165) is 22.0 Å². The van der Waals surface area contributed by atoms with E-state index in [1.165, 1.54) is 0 Å². The molecule has 0 bridgehead atoms. The van der Waals surface area contributed by atoms with Gasteiger partial charge in [0.2, 0.25) is 5.91 Å². The highest BCUT2D eigenvalue weighted by Gasteiger charge is 2.20. The molecule has 2 amide bonds. The van der Waals surface area contributed by atoms with Crippen molar-refractivity contribution in [1.29, 1.82) is 5.26 Å². The number of carboxylic acid groups (broad SMARTS) is 1. The Morgan fingerprint density at radius 3 is 2.53 bits per heavy atom. The van der Waals surface area contributed by atoms with E-state index in [2.05, 4.69) is 16.7 Å². The van der Waals surface area contributed by atoms with Crippen molar-refractivity contribution in [3.05, 3.63) is 64.8 Å². The van der Waals surface area contributed by atoms with E-state index >= 15 is 0 Å². The van der Waals surface area contributed by atoms with Gasteiger partial charge >= 0.3 is 5.97 Å². The second kappa shape index (κ2) is 11.5. The van der Waals surface area contributed by atoms with Gasteiger partial charge in [-0.15, -0.1) is 0 Å². The summed E-state index contributed by atoms with van der Waals surface area (Å²) in [5, 5.41) is 25.1. The summed E-state index contributed by atoms with van der Waals surface area (Å²) < 4.78 is 1.84. The molecule has 188 valence electrons. The number of hydrogen-bond donors (Lipinski definition) is 3. The van der Waals surface area contributed by atoms with Crippen LogP contribution in [0.3, 0.4) is 0 Å².